The summed E-state index contributed by atoms with van der Waals surface area (Å²) in [5.41, 5.74) is 3.33. The zero-order valence-electron chi connectivity index (χ0n) is 46.7. The van der Waals surface area contributed by atoms with Crippen LogP contribution in [-0.2, 0) is 11.2 Å². The average molecular weight is 1010 g/mol. The van der Waals surface area contributed by atoms with Gasteiger partial charge in [0.2, 0.25) is 16.6 Å². The van der Waals surface area contributed by atoms with Gasteiger partial charge in [0.15, 0.2) is 11.9 Å². The Balaban J connectivity index is 2.11. The molecule has 0 radical (unpaired) electrons. The Morgan fingerprint density at radius 3 is 1.34 bits per heavy atom. The molecule has 1 N–H and O–H groups in total. The summed E-state index contributed by atoms with van der Waals surface area (Å²) in [6, 6.07) is 15.9. The van der Waals surface area contributed by atoms with Gasteiger partial charge in [-0.05, 0) is 122 Å². The molecule has 1 aliphatic rings. The van der Waals surface area contributed by atoms with E-state index in [1.165, 1.54) is 0 Å². The lowest BCUT2D eigenvalue weighted by Gasteiger charge is -2.42. The summed E-state index contributed by atoms with van der Waals surface area (Å²) in [6.45, 7) is 58.2. The second-order valence-corrected chi connectivity index (χ2v) is 50.4. The lowest BCUT2D eigenvalue weighted by atomic mass is 9.93. The molecule has 0 unspecified atom stereocenters. The third-order valence-corrected chi connectivity index (χ3v) is 37.6. The van der Waals surface area contributed by atoms with Crippen molar-refractivity contribution >= 4 is 53.4 Å². The monoisotopic (exact) mass is 1010 g/mol. The van der Waals surface area contributed by atoms with Crippen molar-refractivity contribution in [2.45, 2.75) is 220 Å². The number of benzene rings is 3. The number of anilines is 1. The third-order valence-electron chi connectivity index (χ3n) is 15.9. The lowest BCUT2D eigenvalue weighted by Crippen LogP contribution is -2.47. The molecule has 0 spiro atoms. The van der Waals surface area contributed by atoms with E-state index in [0.717, 1.165) is 16.7 Å². The summed E-state index contributed by atoms with van der Waals surface area (Å²) in [5.74, 6) is 3.91. The molecule has 0 saturated heterocycles. The number of rotatable bonds is 13. The first kappa shape index (κ1) is 56.4. The summed E-state index contributed by atoms with van der Waals surface area (Å²) in [5, 5.41) is 2.49. The number of carbonyl (C=O) groups is 1. The van der Waals surface area contributed by atoms with E-state index in [1.54, 1.807) is 0 Å². The van der Waals surface area contributed by atoms with Crippen molar-refractivity contribution in [3.05, 3.63) is 65.2 Å². The van der Waals surface area contributed by atoms with Crippen LogP contribution in [0.5, 0.6) is 34.5 Å². The van der Waals surface area contributed by atoms with Gasteiger partial charge < -0.3 is 31.6 Å². The molecule has 0 bridgehead atoms. The number of hydrogen-bond donors (Lipinski definition) is 1. The van der Waals surface area contributed by atoms with Crippen molar-refractivity contribution in [3.63, 3.8) is 0 Å². The minimum atomic E-state index is -2.50. The Kier molecular flexibility index (Phi) is 15.9. The standard InChI is InChI=1S/C53H91NO8Si5/c1-36-27-29-38(30-28-36)54-48(55)57-43-35-40-41(33-39(58-63(17,18)49(2,3)4)34-42(40)59-64(19,20)50(5,6)7)56-46(43)37-31-44(60-65(21,22)51(8,9)10)47(62-67(25,26)53(14,15)16)45(32-37)61-66(23,24)52(11,12)13/h27-34,43,46H,35H2,1-26H3,(H,54,55)/t43-,46-/m1/s1. The molecule has 0 aromatic heterocycles. The molecule has 3 aromatic carbocycles. The molecular formula is C53H91NO8Si5. The zero-order chi connectivity index (χ0) is 51.5. The molecule has 4 rings (SSSR count). The summed E-state index contributed by atoms with van der Waals surface area (Å²) >= 11 is 0. The number of ether oxygens (including phenoxy) is 2. The van der Waals surface area contributed by atoms with Gasteiger partial charge in [-0.1, -0.05) is 122 Å². The highest BCUT2D eigenvalue weighted by molar-refractivity contribution is 6.77. The van der Waals surface area contributed by atoms with Gasteiger partial charge in [0, 0.05) is 35.4 Å². The molecule has 0 saturated carbocycles. The van der Waals surface area contributed by atoms with Crippen molar-refractivity contribution in [1.29, 1.82) is 0 Å². The van der Waals surface area contributed by atoms with Crippen LogP contribution in [0.2, 0.25) is 90.7 Å². The number of carbonyl (C=O) groups excluding carboxylic acids is 1. The van der Waals surface area contributed by atoms with E-state index >= 15 is 0 Å². The smallest absolute Gasteiger partial charge is 0.412 e. The first-order valence-corrected chi connectivity index (χ1v) is 38.9. The Labute approximate surface area is 412 Å². The van der Waals surface area contributed by atoms with Crippen molar-refractivity contribution in [2.24, 2.45) is 0 Å². The quantitative estimate of drug-likeness (QED) is 0.169. The van der Waals surface area contributed by atoms with E-state index in [9.17, 15) is 4.79 Å². The van der Waals surface area contributed by atoms with Crippen LogP contribution in [0, 0.1) is 6.92 Å². The highest BCUT2D eigenvalue weighted by Gasteiger charge is 2.48. The molecule has 0 aliphatic carbocycles. The lowest BCUT2D eigenvalue weighted by molar-refractivity contribution is 0.00820. The van der Waals surface area contributed by atoms with Crippen LogP contribution in [0.15, 0.2) is 48.5 Å². The zero-order valence-corrected chi connectivity index (χ0v) is 51.7. The highest BCUT2D eigenvalue weighted by Crippen LogP contribution is 2.53. The van der Waals surface area contributed by atoms with Crippen molar-refractivity contribution in [2.75, 3.05) is 5.32 Å². The third kappa shape index (κ3) is 13.2. The minimum absolute atomic E-state index is 0.0498. The van der Waals surface area contributed by atoms with Gasteiger partial charge in [0.25, 0.3) is 25.0 Å². The molecule has 376 valence electrons. The van der Waals surface area contributed by atoms with Gasteiger partial charge in [-0.25, -0.2) is 4.79 Å². The summed E-state index contributed by atoms with van der Waals surface area (Å²) in [7, 11) is -12.2. The van der Waals surface area contributed by atoms with Crippen molar-refractivity contribution in [3.8, 4) is 34.5 Å². The van der Waals surface area contributed by atoms with Crippen molar-refractivity contribution in [1.82, 2.24) is 0 Å². The normalized spacial score (nSPS) is 16.9. The highest BCUT2D eigenvalue weighted by atomic mass is 28.4. The van der Waals surface area contributed by atoms with E-state index in [2.05, 4.69) is 187 Å². The predicted molar refractivity (Wildman–Crippen MR) is 294 cm³/mol. The van der Waals surface area contributed by atoms with E-state index in [0.29, 0.717) is 46.6 Å². The van der Waals surface area contributed by atoms with Gasteiger partial charge in [-0.2, -0.15) is 0 Å². The number of amides is 1. The van der Waals surface area contributed by atoms with E-state index in [4.69, 9.17) is 31.6 Å². The largest absolute Gasteiger partial charge is 0.543 e. The molecule has 0 fully saturated rings. The van der Waals surface area contributed by atoms with Gasteiger partial charge in [-0.15, -0.1) is 0 Å². The maximum absolute atomic E-state index is 14.2. The second kappa shape index (κ2) is 18.9. The molecule has 1 heterocycles. The molecule has 67 heavy (non-hydrogen) atoms. The van der Waals surface area contributed by atoms with Crippen LogP contribution in [0.4, 0.5) is 10.5 Å². The van der Waals surface area contributed by atoms with E-state index in [-0.39, 0.29) is 25.2 Å². The van der Waals surface area contributed by atoms with Crippen LogP contribution in [0.3, 0.4) is 0 Å². The summed E-state index contributed by atoms with van der Waals surface area (Å²) < 4.78 is 50.3. The minimum Gasteiger partial charge on any atom is -0.543 e. The second-order valence-electron chi connectivity index (χ2n) is 26.7. The van der Waals surface area contributed by atoms with Crippen LogP contribution in [0.25, 0.3) is 0 Å². The first-order valence-electron chi connectivity index (χ1n) is 24.4. The maximum atomic E-state index is 14.2. The van der Waals surface area contributed by atoms with Gasteiger partial charge in [-0.3, -0.25) is 5.32 Å². The molecule has 3 aromatic rings. The number of nitrogens with one attached hydrogen (secondary N) is 1. The Morgan fingerprint density at radius 2 is 0.925 bits per heavy atom. The fourth-order valence-corrected chi connectivity index (χ4v) is 11.1. The van der Waals surface area contributed by atoms with Crippen LogP contribution >= 0.6 is 0 Å². The SMILES string of the molecule is Cc1ccc(NC(=O)O[C@@H]2Cc3c(cc(O[Si](C)(C)C(C)(C)C)cc3O[Si](C)(C)C(C)(C)C)O[C@@H]2c2cc(O[Si](C)(C)C(C)(C)C)c(O[Si](C)(C)C(C)(C)C)c(O[Si](C)(C)C(C)(C)C)c2)cc1. The van der Waals surface area contributed by atoms with Gasteiger partial charge in [0.05, 0.1) is 0 Å². The molecule has 1 amide bonds. The van der Waals surface area contributed by atoms with E-state index in [1.807, 2.05) is 43.3 Å². The summed E-state index contributed by atoms with van der Waals surface area (Å²) in [6.07, 6.45) is -1.83. The maximum Gasteiger partial charge on any atom is 0.412 e. The molecular weight excluding hydrogens is 919 g/mol. The number of fused-ring (bicyclic) bond motifs is 1. The van der Waals surface area contributed by atoms with Crippen LogP contribution in [-0.4, -0.2) is 53.8 Å². The Bertz CT molecular complexity index is 2190. The topological polar surface area (TPSA) is 93.7 Å². The number of aryl methyl sites for hydroxylation is 1. The fraction of sp³-hybridized carbons (Fsp3) is 0.642. The molecule has 14 heteroatoms. The fourth-order valence-electron chi connectivity index (χ4n) is 6.03. The van der Waals surface area contributed by atoms with Crippen LogP contribution in [0.1, 0.15) is 127 Å². The summed E-state index contributed by atoms with van der Waals surface area (Å²) in [4.78, 5) is 14.2. The average Bonchev–Trinajstić information content (AvgIpc) is 3.11. The Morgan fingerprint density at radius 1 is 0.537 bits per heavy atom. The van der Waals surface area contributed by atoms with Crippen molar-refractivity contribution < 1.29 is 36.4 Å². The first-order chi connectivity index (χ1) is 29.9. The predicted octanol–water partition coefficient (Wildman–Crippen LogP) is 17.2. The molecule has 9 nitrogen and oxygen atoms in total. The number of hydrogen-bond acceptors (Lipinski definition) is 8. The Hall–Kier alpha value is -3.19. The van der Waals surface area contributed by atoms with Gasteiger partial charge >= 0.3 is 6.09 Å². The van der Waals surface area contributed by atoms with Gasteiger partial charge in [0.1, 0.15) is 34.9 Å². The van der Waals surface area contributed by atoms with Crippen LogP contribution < -0.4 is 32.2 Å². The molecule has 1 aliphatic heterocycles. The molecule has 2 atom stereocenters. The van der Waals surface area contributed by atoms with E-state index < -0.39 is 59.9 Å².